The smallest absolute Gasteiger partial charge is 0.216 e. The Morgan fingerprint density at radius 1 is 1.25 bits per heavy atom. The van der Waals surface area contributed by atoms with E-state index in [1.165, 1.54) is 17.5 Å². The zero-order valence-electron chi connectivity index (χ0n) is 11.9. The predicted octanol–water partition coefficient (Wildman–Crippen LogP) is 3.06. The topological polar surface area (TPSA) is 47.0 Å². The second-order valence-corrected chi connectivity index (χ2v) is 5.57. The van der Waals surface area contributed by atoms with Crippen molar-refractivity contribution in [1.82, 2.24) is 15.3 Å². The molecule has 1 aromatic heterocycles. The van der Waals surface area contributed by atoms with Gasteiger partial charge in [-0.15, -0.1) is 0 Å². The Morgan fingerprint density at radius 3 is 2.70 bits per heavy atom. The average Bonchev–Trinajstić information content (AvgIpc) is 2.44. The lowest BCUT2D eigenvalue weighted by atomic mass is 10.0. The second-order valence-electron chi connectivity index (χ2n) is 4.66. The molecule has 0 fully saturated rings. The summed E-state index contributed by atoms with van der Waals surface area (Å²) in [5.74, 6) is 0.593. The summed E-state index contributed by atoms with van der Waals surface area (Å²) < 4.78 is 6.23. The Labute approximate surface area is 127 Å². The third-order valence-corrected chi connectivity index (χ3v) is 3.59. The van der Waals surface area contributed by atoms with Gasteiger partial charge in [-0.05, 0) is 37.2 Å². The van der Waals surface area contributed by atoms with E-state index in [0.29, 0.717) is 5.88 Å². The maximum absolute atomic E-state index is 5.13. The van der Waals surface area contributed by atoms with E-state index < -0.39 is 0 Å². The molecule has 1 heterocycles. The summed E-state index contributed by atoms with van der Waals surface area (Å²) >= 11 is 3.55. The fourth-order valence-electron chi connectivity index (χ4n) is 2.16. The maximum atomic E-state index is 5.13. The minimum Gasteiger partial charge on any atom is -0.481 e. The molecule has 0 bridgehead atoms. The van der Waals surface area contributed by atoms with Crippen LogP contribution in [0, 0.1) is 6.92 Å². The van der Waals surface area contributed by atoms with Gasteiger partial charge in [0, 0.05) is 28.7 Å². The molecule has 0 saturated carbocycles. The summed E-state index contributed by atoms with van der Waals surface area (Å²) in [6, 6.07) is 8.49. The van der Waals surface area contributed by atoms with Crippen molar-refractivity contribution in [3.8, 4) is 5.88 Å². The van der Waals surface area contributed by atoms with Crippen molar-refractivity contribution in [3.05, 3.63) is 51.9 Å². The van der Waals surface area contributed by atoms with E-state index in [9.17, 15) is 0 Å². The maximum Gasteiger partial charge on any atom is 0.216 e. The van der Waals surface area contributed by atoms with Gasteiger partial charge >= 0.3 is 0 Å². The van der Waals surface area contributed by atoms with Crippen molar-refractivity contribution in [2.24, 2.45) is 0 Å². The van der Waals surface area contributed by atoms with Crippen molar-refractivity contribution in [1.29, 1.82) is 0 Å². The van der Waals surface area contributed by atoms with Crippen LogP contribution in [0.1, 0.15) is 22.9 Å². The van der Waals surface area contributed by atoms with Crippen molar-refractivity contribution >= 4 is 15.9 Å². The number of halogens is 1. The standard InChI is InChI=1S/C15H18BrN3O/c1-10-4-11(6-12(16)5-10)14(17-2)7-13-8-15(20-3)19-9-18-13/h4-6,8-9,14,17H,7H2,1-3H3. The Balaban J connectivity index is 2.23. The Kier molecular flexibility index (Phi) is 5.09. The van der Waals surface area contributed by atoms with Gasteiger partial charge < -0.3 is 10.1 Å². The highest BCUT2D eigenvalue weighted by molar-refractivity contribution is 9.10. The fourth-order valence-corrected chi connectivity index (χ4v) is 2.79. The lowest BCUT2D eigenvalue weighted by Crippen LogP contribution is -2.19. The summed E-state index contributed by atoms with van der Waals surface area (Å²) in [6.45, 7) is 2.09. The molecular formula is C15H18BrN3O. The number of aryl methyl sites for hydroxylation is 1. The lowest BCUT2D eigenvalue weighted by molar-refractivity contribution is 0.395. The zero-order valence-corrected chi connectivity index (χ0v) is 13.4. The van der Waals surface area contributed by atoms with Gasteiger partial charge in [0.2, 0.25) is 5.88 Å². The quantitative estimate of drug-likeness (QED) is 0.912. The summed E-state index contributed by atoms with van der Waals surface area (Å²) in [4.78, 5) is 8.33. The first-order valence-corrected chi connectivity index (χ1v) is 7.21. The number of hydrogen-bond acceptors (Lipinski definition) is 4. The van der Waals surface area contributed by atoms with Crippen LogP contribution < -0.4 is 10.1 Å². The van der Waals surface area contributed by atoms with E-state index in [4.69, 9.17) is 4.74 Å². The van der Waals surface area contributed by atoms with Gasteiger partial charge in [0.25, 0.3) is 0 Å². The first-order valence-electron chi connectivity index (χ1n) is 6.41. The molecule has 1 unspecified atom stereocenters. The van der Waals surface area contributed by atoms with Gasteiger partial charge in [-0.1, -0.05) is 22.0 Å². The number of nitrogens with zero attached hydrogens (tertiary/aromatic N) is 2. The molecule has 1 aromatic carbocycles. The highest BCUT2D eigenvalue weighted by Crippen LogP contribution is 2.23. The molecule has 0 amide bonds. The van der Waals surface area contributed by atoms with Crippen LogP contribution in [0.5, 0.6) is 5.88 Å². The number of likely N-dealkylation sites (N-methyl/N-ethyl adjacent to an activating group) is 1. The van der Waals surface area contributed by atoms with E-state index in [1.807, 2.05) is 13.1 Å². The van der Waals surface area contributed by atoms with Gasteiger partial charge in [-0.25, -0.2) is 9.97 Å². The number of hydrogen-bond donors (Lipinski definition) is 1. The van der Waals surface area contributed by atoms with Gasteiger partial charge in [0.15, 0.2) is 0 Å². The summed E-state index contributed by atoms with van der Waals surface area (Å²) in [6.07, 6.45) is 2.32. The minimum atomic E-state index is 0.200. The third-order valence-electron chi connectivity index (χ3n) is 3.14. The van der Waals surface area contributed by atoms with E-state index >= 15 is 0 Å². The summed E-state index contributed by atoms with van der Waals surface area (Å²) in [5, 5.41) is 3.34. The normalized spacial score (nSPS) is 12.2. The molecular weight excluding hydrogens is 318 g/mol. The zero-order chi connectivity index (χ0) is 14.5. The third kappa shape index (κ3) is 3.77. The molecule has 0 radical (unpaired) electrons. The number of rotatable bonds is 5. The summed E-state index contributed by atoms with van der Waals surface area (Å²) in [5.41, 5.74) is 3.42. The van der Waals surface area contributed by atoms with Gasteiger partial charge in [-0.3, -0.25) is 0 Å². The largest absolute Gasteiger partial charge is 0.481 e. The fraction of sp³-hybridized carbons (Fsp3) is 0.333. The lowest BCUT2D eigenvalue weighted by Gasteiger charge is -2.17. The molecule has 0 aliphatic heterocycles. The molecule has 0 aliphatic rings. The van der Waals surface area contributed by atoms with Crippen LogP contribution in [-0.2, 0) is 6.42 Å². The highest BCUT2D eigenvalue weighted by atomic mass is 79.9. The van der Waals surface area contributed by atoms with Crippen LogP contribution >= 0.6 is 15.9 Å². The molecule has 0 saturated heterocycles. The number of aromatic nitrogens is 2. The minimum absolute atomic E-state index is 0.200. The molecule has 0 spiro atoms. The van der Waals surface area contributed by atoms with Crippen LogP contribution in [0.25, 0.3) is 0 Å². The van der Waals surface area contributed by atoms with Gasteiger partial charge in [0.05, 0.1) is 7.11 Å². The van der Waals surface area contributed by atoms with E-state index in [2.05, 4.69) is 56.3 Å². The van der Waals surface area contributed by atoms with E-state index in [1.54, 1.807) is 7.11 Å². The Hall–Kier alpha value is -1.46. The van der Waals surface area contributed by atoms with Crippen LogP contribution in [-0.4, -0.2) is 24.1 Å². The van der Waals surface area contributed by atoms with E-state index in [0.717, 1.165) is 16.6 Å². The highest BCUT2D eigenvalue weighted by Gasteiger charge is 2.13. The second kappa shape index (κ2) is 6.81. The predicted molar refractivity (Wildman–Crippen MR) is 83.0 cm³/mol. The average molecular weight is 336 g/mol. The van der Waals surface area contributed by atoms with Crippen molar-refractivity contribution in [2.45, 2.75) is 19.4 Å². The van der Waals surface area contributed by atoms with Crippen molar-refractivity contribution < 1.29 is 4.74 Å². The number of benzene rings is 1. The van der Waals surface area contributed by atoms with Crippen LogP contribution in [0.4, 0.5) is 0 Å². The van der Waals surface area contributed by atoms with Crippen molar-refractivity contribution in [2.75, 3.05) is 14.2 Å². The molecule has 0 aliphatic carbocycles. The molecule has 106 valence electrons. The molecule has 2 rings (SSSR count). The van der Waals surface area contributed by atoms with Gasteiger partial charge in [0.1, 0.15) is 6.33 Å². The van der Waals surface area contributed by atoms with Crippen molar-refractivity contribution in [3.63, 3.8) is 0 Å². The number of methoxy groups -OCH3 is 1. The Morgan fingerprint density at radius 2 is 2.05 bits per heavy atom. The van der Waals surface area contributed by atoms with Crippen LogP contribution in [0.3, 0.4) is 0 Å². The van der Waals surface area contributed by atoms with E-state index in [-0.39, 0.29) is 6.04 Å². The van der Waals surface area contributed by atoms with Crippen LogP contribution in [0.2, 0.25) is 0 Å². The SMILES string of the molecule is CNC(Cc1cc(OC)ncn1)c1cc(C)cc(Br)c1. The molecule has 4 nitrogen and oxygen atoms in total. The van der Waals surface area contributed by atoms with Crippen LogP contribution in [0.15, 0.2) is 35.1 Å². The molecule has 1 atom stereocenters. The first-order chi connectivity index (χ1) is 9.62. The van der Waals surface area contributed by atoms with Gasteiger partial charge in [-0.2, -0.15) is 0 Å². The first kappa shape index (κ1) is 14.9. The molecule has 5 heteroatoms. The Bertz CT molecular complexity index is 569. The molecule has 2 aromatic rings. The molecule has 20 heavy (non-hydrogen) atoms. The number of ether oxygens (including phenoxy) is 1. The number of nitrogens with one attached hydrogen (secondary N) is 1. The summed E-state index contributed by atoms with van der Waals surface area (Å²) in [7, 11) is 3.57. The monoisotopic (exact) mass is 335 g/mol. The molecule has 1 N–H and O–H groups in total.